The van der Waals surface area contributed by atoms with Crippen molar-refractivity contribution in [1.82, 2.24) is 4.98 Å². The van der Waals surface area contributed by atoms with Crippen LogP contribution in [0.2, 0.25) is 0 Å². The fourth-order valence-electron chi connectivity index (χ4n) is 2.99. The number of nitrogens with one attached hydrogen (secondary N) is 1. The van der Waals surface area contributed by atoms with Crippen molar-refractivity contribution in [3.63, 3.8) is 0 Å². The van der Waals surface area contributed by atoms with Crippen molar-refractivity contribution in [1.29, 1.82) is 0 Å². The van der Waals surface area contributed by atoms with Crippen LogP contribution >= 0.6 is 0 Å². The first-order valence-electron chi connectivity index (χ1n) is 6.21. The van der Waals surface area contributed by atoms with E-state index < -0.39 is 0 Å². The minimum absolute atomic E-state index is 0.00905. The summed E-state index contributed by atoms with van der Waals surface area (Å²) < 4.78 is 0. The van der Waals surface area contributed by atoms with Gasteiger partial charge in [-0.15, -0.1) is 0 Å². The molecule has 3 rings (SSSR count). The lowest BCUT2D eigenvalue weighted by molar-refractivity contribution is 0.268. The number of H-pyrrole nitrogens is 1. The van der Waals surface area contributed by atoms with Crippen LogP contribution in [0.1, 0.15) is 34.8 Å². The molecule has 17 heavy (non-hydrogen) atoms. The Morgan fingerprint density at radius 3 is 2.76 bits per heavy atom. The third kappa shape index (κ3) is 1.58. The molecule has 0 spiro atoms. The van der Waals surface area contributed by atoms with Crippen molar-refractivity contribution >= 4 is 10.9 Å². The van der Waals surface area contributed by atoms with Crippen LogP contribution in [0.5, 0.6) is 0 Å². The lowest BCUT2D eigenvalue weighted by atomic mass is 10.0. The van der Waals surface area contributed by atoms with Gasteiger partial charge in [0.15, 0.2) is 0 Å². The molecule has 0 amide bonds. The zero-order valence-corrected chi connectivity index (χ0v) is 10.1. The van der Waals surface area contributed by atoms with Crippen molar-refractivity contribution in [2.75, 3.05) is 6.61 Å². The number of rotatable bonds is 2. The lowest BCUT2D eigenvalue weighted by Gasteiger charge is -2.09. The largest absolute Gasteiger partial charge is 0.394 e. The predicted octanol–water partition coefficient (Wildman–Crippen LogP) is 1.96. The Balaban J connectivity index is 2.25. The number of hydrogen-bond acceptors (Lipinski definition) is 2. The molecular weight excluding hydrogens is 212 g/mol. The van der Waals surface area contributed by atoms with E-state index in [1.807, 2.05) is 6.92 Å². The molecule has 2 aromatic rings. The van der Waals surface area contributed by atoms with Crippen LogP contribution in [0, 0.1) is 6.92 Å². The number of nitrogens with two attached hydrogens (primary N) is 1. The first kappa shape index (κ1) is 10.8. The summed E-state index contributed by atoms with van der Waals surface area (Å²) in [6.45, 7) is 2.01. The van der Waals surface area contributed by atoms with Gasteiger partial charge >= 0.3 is 0 Å². The highest BCUT2D eigenvalue weighted by Crippen LogP contribution is 2.32. The smallest absolute Gasteiger partial charge is 0.0625 e. The van der Waals surface area contributed by atoms with E-state index in [-0.39, 0.29) is 12.6 Å². The third-order valence-corrected chi connectivity index (χ3v) is 3.82. The number of hydrogen-bond donors (Lipinski definition) is 3. The molecule has 0 aliphatic heterocycles. The maximum Gasteiger partial charge on any atom is 0.0625 e. The fourth-order valence-corrected chi connectivity index (χ4v) is 2.99. The highest BCUT2D eigenvalue weighted by atomic mass is 16.3. The Labute approximate surface area is 101 Å². The molecule has 1 aromatic heterocycles. The van der Waals surface area contributed by atoms with E-state index >= 15 is 0 Å². The Morgan fingerprint density at radius 1 is 1.35 bits per heavy atom. The Morgan fingerprint density at radius 2 is 2.06 bits per heavy atom. The molecule has 0 bridgehead atoms. The van der Waals surface area contributed by atoms with Gasteiger partial charge in [-0.25, -0.2) is 0 Å². The van der Waals surface area contributed by atoms with Gasteiger partial charge < -0.3 is 15.8 Å². The van der Waals surface area contributed by atoms with Crippen LogP contribution in [-0.4, -0.2) is 16.7 Å². The zero-order valence-electron chi connectivity index (χ0n) is 10.1. The maximum absolute atomic E-state index is 9.25. The van der Waals surface area contributed by atoms with E-state index in [1.54, 1.807) is 0 Å². The van der Waals surface area contributed by atoms with Gasteiger partial charge in [-0.2, -0.15) is 0 Å². The second-order valence-electron chi connectivity index (χ2n) is 4.97. The third-order valence-electron chi connectivity index (χ3n) is 3.82. The maximum atomic E-state index is 9.25. The monoisotopic (exact) mass is 230 g/mol. The summed E-state index contributed by atoms with van der Waals surface area (Å²) in [5, 5.41) is 10.4. The highest BCUT2D eigenvalue weighted by Gasteiger charge is 2.18. The quantitative estimate of drug-likeness (QED) is 0.738. The summed E-state index contributed by atoms with van der Waals surface area (Å²) in [4.78, 5) is 3.38. The molecule has 1 atom stereocenters. The number of aliphatic hydroxyl groups excluding tert-OH is 1. The summed E-state index contributed by atoms with van der Waals surface area (Å²) in [5.74, 6) is 0. The molecule has 0 fully saturated rings. The minimum atomic E-state index is -0.289. The van der Waals surface area contributed by atoms with Crippen molar-refractivity contribution in [3.05, 3.63) is 34.5 Å². The second kappa shape index (κ2) is 3.86. The first-order chi connectivity index (χ1) is 8.20. The molecule has 1 aliphatic carbocycles. The van der Waals surface area contributed by atoms with Gasteiger partial charge in [-0.1, -0.05) is 0 Å². The fraction of sp³-hybridized carbons (Fsp3) is 0.429. The van der Waals surface area contributed by atoms with E-state index in [9.17, 15) is 5.11 Å². The van der Waals surface area contributed by atoms with Gasteiger partial charge in [0.05, 0.1) is 12.6 Å². The lowest BCUT2D eigenvalue weighted by Crippen LogP contribution is -2.15. The molecule has 3 heteroatoms. The molecule has 1 aliphatic rings. The van der Waals surface area contributed by atoms with E-state index in [2.05, 4.69) is 17.1 Å². The van der Waals surface area contributed by atoms with E-state index in [4.69, 9.17) is 5.73 Å². The molecule has 90 valence electrons. The van der Waals surface area contributed by atoms with Crippen molar-refractivity contribution in [2.24, 2.45) is 5.73 Å². The molecule has 0 saturated heterocycles. The van der Waals surface area contributed by atoms with Crippen LogP contribution < -0.4 is 5.73 Å². The summed E-state index contributed by atoms with van der Waals surface area (Å²) in [5.41, 5.74) is 12.2. The Hall–Kier alpha value is -1.32. The van der Waals surface area contributed by atoms with Gasteiger partial charge in [0.2, 0.25) is 0 Å². The number of aromatic nitrogens is 1. The summed E-state index contributed by atoms with van der Waals surface area (Å²) in [7, 11) is 0. The summed E-state index contributed by atoms with van der Waals surface area (Å²) in [6, 6.07) is 4.22. The van der Waals surface area contributed by atoms with Crippen LogP contribution in [0.3, 0.4) is 0 Å². The molecule has 0 saturated carbocycles. The summed E-state index contributed by atoms with van der Waals surface area (Å²) >= 11 is 0. The number of aryl methyl sites for hydroxylation is 3. The van der Waals surface area contributed by atoms with Gasteiger partial charge in [-0.3, -0.25) is 0 Å². The normalized spacial score (nSPS) is 16.4. The second-order valence-corrected chi connectivity index (χ2v) is 4.97. The molecule has 1 unspecified atom stereocenters. The molecule has 3 nitrogen and oxygen atoms in total. The van der Waals surface area contributed by atoms with E-state index in [0.29, 0.717) is 0 Å². The standard InChI is InChI=1S/C14H18N2O/c1-8-14(12(15)7-17)11-5-9-3-2-4-10(9)6-13(11)16-8/h5-6,12,16-17H,2-4,7,15H2,1H3. The van der Waals surface area contributed by atoms with Gasteiger partial charge in [0.1, 0.15) is 0 Å². The highest BCUT2D eigenvalue weighted by molar-refractivity contribution is 5.87. The average molecular weight is 230 g/mol. The zero-order chi connectivity index (χ0) is 12.0. The van der Waals surface area contributed by atoms with Crippen molar-refractivity contribution in [3.8, 4) is 0 Å². The minimum Gasteiger partial charge on any atom is -0.394 e. The van der Waals surface area contributed by atoms with Crippen LogP contribution in [0.4, 0.5) is 0 Å². The van der Waals surface area contributed by atoms with Gasteiger partial charge in [-0.05, 0) is 55.0 Å². The topological polar surface area (TPSA) is 62.0 Å². The van der Waals surface area contributed by atoms with E-state index in [0.717, 1.165) is 16.8 Å². The van der Waals surface area contributed by atoms with Gasteiger partial charge in [0, 0.05) is 16.6 Å². The number of aliphatic hydroxyl groups is 1. The van der Waals surface area contributed by atoms with Crippen molar-refractivity contribution < 1.29 is 5.11 Å². The number of benzene rings is 1. The Bertz CT molecular complexity index is 571. The van der Waals surface area contributed by atoms with E-state index in [1.165, 1.54) is 35.8 Å². The number of fused-ring (bicyclic) bond motifs is 2. The van der Waals surface area contributed by atoms with Gasteiger partial charge in [0.25, 0.3) is 0 Å². The molecule has 1 aromatic carbocycles. The van der Waals surface area contributed by atoms with Crippen molar-refractivity contribution in [2.45, 2.75) is 32.2 Å². The molecular formula is C14H18N2O. The molecule has 4 N–H and O–H groups in total. The van der Waals surface area contributed by atoms with Crippen LogP contribution in [0.15, 0.2) is 12.1 Å². The van der Waals surface area contributed by atoms with Crippen LogP contribution in [0.25, 0.3) is 10.9 Å². The SMILES string of the molecule is Cc1[nH]c2cc3c(cc2c1C(N)CO)CCC3. The van der Waals surface area contributed by atoms with Crippen LogP contribution in [-0.2, 0) is 12.8 Å². The Kier molecular flexibility index (Phi) is 2.45. The average Bonchev–Trinajstić information content (AvgIpc) is 2.87. The first-order valence-corrected chi connectivity index (χ1v) is 6.21. The predicted molar refractivity (Wildman–Crippen MR) is 69.1 cm³/mol. The molecule has 1 heterocycles. The molecule has 0 radical (unpaired) electrons. The summed E-state index contributed by atoms with van der Waals surface area (Å²) in [6.07, 6.45) is 3.61. The number of aromatic amines is 1.